The molecule has 3 aliphatic heterocycles. The van der Waals surface area contributed by atoms with Crippen molar-refractivity contribution in [3.05, 3.63) is 23.3 Å². The van der Waals surface area contributed by atoms with E-state index in [9.17, 15) is 14.7 Å². The molecule has 3 heterocycles. The summed E-state index contributed by atoms with van der Waals surface area (Å²) in [6.07, 6.45) is 2.85. The zero-order chi connectivity index (χ0) is 15.1. The van der Waals surface area contributed by atoms with Crippen LogP contribution in [-0.2, 0) is 14.3 Å². The van der Waals surface area contributed by atoms with E-state index >= 15 is 0 Å². The summed E-state index contributed by atoms with van der Waals surface area (Å²) in [6, 6.07) is -0.0772. The predicted octanol–water partition coefficient (Wildman–Crippen LogP) is 1.29. The lowest BCUT2D eigenvalue weighted by molar-refractivity contribution is -0.164. The number of nitrogens with zero attached hydrogens (tertiary/aromatic N) is 1. The van der Waals surface area contributed by atoms with E-state index in [1.54, 1.807) is 23.6 Å². The Kier molecular flexibility index (Phi) is 3.84. The Bertz CT molecular complexity index is 528. The van der Waals surface area contributed by atoms with Crippen molar-refractivity contribution in [2.75, 3.05) is 12.4 Å². The van der Waals surface area contributed by atoms with E-state index in [0.29, 0.717) is 5.70 Å². The number of amides is 1. The van der Waals surface area contributed by atoms with Crippen LogP contribution in [0.25, 0.3) is 0 Å². The first-order valence-corrected chi connectivity index (χ1v) is 8.22. The minimum Gasteiger partial charge on any atom is -0.457 e. The van der Waals surface area contributed by atoms with Crippen LogP contribution in [0, 0.1) is 11.8 Å². The van der Waals surface area contributed by atoms with Gasteiger partial charge in [-0.1, -0.05) is 12.7 Å². The Balaban J connectivity index is 1.92. The van der Waals surface area contributed by atoms with Gasteiger partial charge in [0.25, 0.3) is 0 Å². The van der Waals surface area contributed by atoms with E-state index in [0.717, 1.165) is 23.5 Å². The molecule has 0 saturated carbocycles. The fraction of sp³-hybridized carbons (Fsp3) is 0.600. The molecule has 0 bridgehead atoms. The molecule has 0 aromatic heterocycles. The number of carbonyl (C=O) groups is 2. The first-order chi connectivity index (χ1) is 10.1. The zero-order valence-electron chi connectivity index (χ0n) is 11.9. The third kappa shape index (κ3) is 2.12. The maximum Gasteiger partial charge on any atom is 0.356 e. The molecule has 2 fully saturated rings. The molecular weight excluding hydrogens is 290 g/mol. The van der Waals surface area contributed by atoms with Gasteiger partial charge in [-0.25, -0.2) is 4.79 Å². The minimum absolute atomic E-state index is 0.0772. The molecule has 6 heteroatoms. The first kappa shape index (κ1) is 14.7. The number of β-lactam (4-membered cyclic amide) rings is 1. The lowest BCUT2D eigenvalue weighted by Crippen LogP contribution is -2.64. The van der Waals surface area contributed by atoms with Crippen LogP contribution in [0.2, 0.25) is 0 Å². The topological polar surface area (TPSA) is 66.8 Å². The van der Waals surface area contributed by atoms with Gasteiger partial charge in [-0.3, -0.25) is 4.79 Å². The molecule has 4 atom stereocenters. The van der Waals surface area contributed by atoms with Crippen LogP contribution >= 0.6 is 11.8 Å². The smallest absolute Gasteiger partial charge is 0.356 e. The van der Waals surface area contributed by atoms with E-state index in [1.165, 1.54) is 6.08 Å². The highest BCUT2D eigenvalue weighted by atomic mass is 32.2. The van der Waals surface area contributed by atoms with Crippen LogP contribution in [0.1, 0.15) is 19.8 Å². The van der Waals surface area contributed by atoms with Crippen LogP contribution in [0.15, 0.2) is 23.3 Å². The number of aliphatic hydroxyl groups excluding tert-OH is 1. The number of esters is 1. The molecule has 2 saturated heterocycles. The zero-order valence-corrected chi connectivity index (χ0v) is 12.8. The fourth-order valence-electron chi connectivity index (χ4n) is 3.53. The van der Waals surface area contributed by atoms with Crippen molar-refractivity contribution >= 4 is 23.6 Å². The Morgan fingerprint density at radius 3 is 3.10 bits per heavy atom. The highest BCUT2D eigenvalue weighted by Crippen LogP contribution is 2.54. The highest BCUT2D eigenvalue weighted by Gasteiger charge is 2.61. The van der Waals surface area contributed by atoms with Crippen molar-refractivity contribution in [1.82, 2.24) is 4.90 Å². The van der Waals surface area contributed by atoms with Gasteiger partial charge in [0.15, 0.2) is 0 Å². The fourth-order valence-corrected chi connectivity index (χ4v) is 4.85. The van der Waals surface area contributed by atoms with Gasteiger partial charge in [0.1, 0.15) is 12.3 Å². The number of aliphatic hydroxyl groups is 1. The summed E-state index contributed by atoms with van der Waals surface area (Å²) in [7, 11) is 0. The second-order valence-corrected chi connectivity index (χ2v) is 6.80. The normalized spacial score (nSPS) is 32.2. The maximum absolute atomic E-state index is 12.3. The number of carbonyl (C=O) groups excluding carboxylic acids is 2. The standard InChI is InChI=1S/C15H19NO4S/c1-3-6-20-15(19)12-13-9(5-4-7-21-13)11-10(8(2)17)14(18)16(11)12/h3,8-11,17H,1,4-7H2,2H3/t8-,9+,10-,11-/m1/s1. The van der Waals surface area contributed by atoms with E-state index in [1.807, 2.05) is 0 Å². The molecule has 21 heavy (non-hydrogen) atoms. The van der Waals surface area contributed by atoms with Crippen molar-refractivity contribution in [2.24, 2.45) is 11.8 Å². The van der Waals surface area contributed by atoms with Crippen LogP contribution < -0.4 is 0 Å². The van der Waals surface area contributed by atoms with E-state index < -0.39 is 18.0 Å². The van der Waals surface area contributed by atoms with Crippen molar-refractivity contribution < 1.29 is 19.4 Å². The summed E-state index contributed by atoms with van der Waals surface area (Å²) in [5.41, 5.74) is 0.401. The molecule has 1 N–H and O–H groups in total. The Morgan fingerprint density at radius 2 is 2.43 bits per heavy atom. The summed E-state index contributed by atoms with van der Waals surface area (Å²) in [6.45, 7) is 5.31. The molecular formula is C15H19NO4S. The minimum atomic E-state index is -0.685. The average Bonchev–Trinajstić information content (AvgIpc) is 2.75. The molecule has 0 aromatic carbocycles. The van der Waals surface area contributed by atoms with Gasteiger partial charge in [-0.05, 0) is 25.5 Å². The second-order valence-electron chi connectivity index (χ2n) is 5.66. The van der Waals surface area contributed by atoms with Gasteiger partial charge in [0.05, 0.1) is 18.1 Å². The lowest BCUT2D eigenvalue weighted by atomic mass is 9.77. The SMILES string of the molecule is C=CCOC(=O)C1=C2SCCC[C@H]2[C@@H]2[C@@H]([C@@H](C)O)C(=O)N12. The van der Waals surface area contributed by atoms with E-state index in [2.05, 4.69) is 6.58 Å². The third-order valence-electron chi connectivity index (χ3n) is 4.37. The predicted molar refractivity (Wildman–Crippen MR) is 79.2 cm³/mol. The summed E-state index contributed by atoms with van der Waals surface area (Å²) in [4.78, 5) is 27.1. The maximum atomic E-state index is 12.3. The molecule has 3 aliphatic rings. The number of fused-ring (bicyclic) bond motifs is 3. The van der Waals surface area contributed by atoms with Crippen LogP contribution in [0.4, 0.5) is 0 Å². The number of hydrogen-bond donors (Lipinski definition) is 1. The second kappa shape index (κ2) is 5.50. The van der Waals surface area contributed by atoms with Crippen molar-refractivity contribution in [1.29, 1.82) is 0 Å². The Labute approximate surface area is 128 Å². The molecule has 1 amide bonds. The van der Waals surface area contributed by atoms with E-state index in [-0.39, 0.29) is 24.5 Å². The lowest BCUT2D eigenvalue weighted by Gasteiger charge is -2.47. The van der Waals surface area contributed by atoms with E-state index in [4.69, 9.17) is 4.74 Å². The Hall–Kier alpha value is -1.27. The molecule has 0 spiro atoms. The van der Waals surface area contributed by atoms with Crippen LogP contribution in [0.5, 0.6) is 0 Å². The summed E-state index contributed by atoms with van der Waals surface area (Å²) in [5, 5.41) is 9.84. The average molecular weight is 309 g/mol. The number of rotatable bonds is 4. The Morgan fingerprint density at radius 1 is 1.67 bits per heavy atom. The van der Waals surface area contributed by atoms with Crippen molar-refractivity contribution in [3.63, 3.8) is 0 Å². The van der Waals surface area contributed by atoms with Gasteiger partial charge in [-0.15, -0.1) is 11.8 Å². The largest absolute Gasteiger partial charge is 0.457 e. The monoisotopic (exact) mass is 309 g/mol. The quantitative estimate of drug-likeness (QED) is 0.481. The van der Waals surface area contributed by atoms with Gasteiger partial charge < -0.3 is 14.7 Å². The number of ether oxygens (including phenoxy) is 1. The number of hydrogen-bond acceptors (Lipinski definition) is 5. The first-order valence-electron chi connectivity index (χ1n) is 7.24. The molecule has 0 radical (unpaired) electrons. The summed E-state index contributed by atoms with van der Waals surface area (Å²) in [5.74, 6) is 0.117. The highest BCUT2D eigenvalue weighted by molar-refractivity contribution is 8.03. The third-order valence-corrected chi connectivity index (χ3v) is 5.67. The van der Waals surface area contributed by atoms with Gasteiger partial charge >= 0.3 is 5.97 Å². The summed E-state index contributed by atoms with van der Waals surface area (Å²) < 4.78 is 5.14. The molecule has 0 aliphatic carbocycles. The van der Waals surface area contributed by atoms with Crippen molar-refractivity contribution in [3.8, 4) is 0 Å². The van der Waals surface area contributed by atoms with Gasteiger partial charge in [-0.2, -0.15) is 0 Å². The molecule has 0 unspecified atom stereocenters. The molecule has 3 rings (SSSR count). The molecule has 114 valence electrons. The molecule has 5 nitrogen and oxygen atoms in total. The van der Waals surface area contributed by atoms with Gasteiger partial charge in [0, 0.05) is 10.8 Å². The van der Waals surface area contributed by atoms with Crippen molar-refractivity contribution in [2.45, 2.75) is 31.9 Å². The van der Waals surface area contributed by atoms with Crippen LogP contribution in [0.3, 0.4) is 0 Å². The van der Waals surface area contributed by atoms with Crippen LogP contribution in [-0.4, -0.2) is 46.4 Å². The molecule has 0 aromatic rings. The van der Waals surface area contributed by atoms with Gasteiger partial charge in [0.2, 0.25) is 5.91 Å². The number of thioether (sulfide) groups is 1. The summed E-state index contributed by atoms with van der Waals surface area (Å²) >= 11 is 1.64.